The van der Waals surface area contributed by atoms with E-state index in [1.807, 2.05) is 47.4 Å². The standard InChI is InChI=1S/C24H24ClN3O2S/c25-20-11-5-4-10-19(20)23-26-17-21(31-23)24(30)28-15-13-27(14-16-28)22(29)12-6-9-18-7-2-1-3-8-18/h1-5,7-8,10-11,17H,6,9,12-16H2. The molecule has 31 heavy (non-hydrogen) atoms. The molecule has 0 aliphatic carbocycles. The van der Waals surface area contributed by atoms with Gasteiger partial charge in [0.05, 0.1) is 11.2 Å². The highest BCUT2D eigenvalue weighted by Crippen LogP contribution is 2.31. The molecule has 5 nitrogen and oxygen atoms in total. The van der Waals surface area contributed by atoms with Gasteiger partial charge in [-0.25, -0.2) is 4.98 Å². The number of carbonyl (C=O) groups is 2. The highest BCUT2D eigenvalue weighted by molar-refractivity contribution is 7.17. The van der Waals surface area contributed by atoms with Crippen molar-refractivity contribution in [1.29, 1.82) is 0 Å². The molecule has 0 N–H and O–H groups in total. The van der Waals surface area contributed by atoms with Crippen LogP contribution in [-0.4, -0.2) is 52.8 Å². The monoisotopic (exact) mass is 453 g/mol. The molecule has 1 saturated heterocycles. The largest absolute Gasteiger partial charge is 0.339 e. The maximum absolute atomic E-state index is 12.9. The van der Waals surface area contributed by atoms with Crippen molar-refractivity contribution in [3.63, 3.8) is 0 Å². The lowest BCUT2D eigenvalue weighted by molar-refractivity contribution is -0.132. The van der Waals surface area contributed by atoms with E-state index in [-0.39, 0.29) is 11.8 Å². The van der Waals surface area contributed by atoms with E-state index in [0.717, 1.165) is 23.4 Å². The van der Waals surface area contributed by atoms with Gasteiger partial charge in [-0.15, -0.1) is 11.3 Å². The molecule has 1 aromatic heterocycles. The topological polar surface area (TPSA) is 53.5 Å². The number of hydrogen-bond acceptors (Lipinski definition) is 4. The van der Waals surface area contributed by atoms with Gasteiger partial charge in [-0.2, -0.15) is 0 Å². The number of thiazole rings is 1. The normalized spacial score (nSPS) is 14.0. The first-order valence-corrected chi connectivity index (χ1v) is 11.6. The molecule has 0 unspecified atom stereocenters. The van der Waals surface area contributed by atoms with Gasteiger partial charge in [0.25, 0.3) is 5.91 Å². The third-order valence-electron chi connectivity index (χ3n) is 5.44. The molecule has 2 aromatic carbocycles. The number of aromatic nitrogens is 1. The van der Waals surface area contributed by atoms with E-state index >= 15 is 0 Å². The third-order valence-corrected chi connectivity index (χ3v) is 6.79. The van der Waals surface area contributed by atoms with Crippen molar-refractivity contribution in [2.24, 2.45) is 0 Å². The molecule has 160 valence electrons. The van der Waals surface area contributed by atoms with E-state index < -0.39 is 0 Å². The summed E-state index contributed by atoms with van der Waals surface area (Å²) >= 11 is 7.60. The van der Waals surface area contributed by atoms with Gasteiger partial charge in [0.15, 0.2) is 0 Å². The van der Waals surface area contributed by atoms with Crippen molar-refractivity contribution in [2.45, 2.75) is 19.3 Å². The predicted octanol–water partition coefficient (Wildman–Crippen LogP) is 4.77. The van der Waals surface area contributed by atoms with Gasteiger partial charge in [0.2, 0.25) is 5.91 Å². The summed E-state index contributed by atoms with van der Waals surface area (Å²) < 4.78 is 0. The second kappa shape index (κ2) is 10.1. The molecule has 2 heterocycles. The smallest absolute Gasteiger partial charge is 0.265 e. The zero-order chi connectivity index (χ0) is 21.6. The van der Waals surface area contributed by atoms with Gasteiger partial charge in [0.1, 0.15) is 9.88 Å². The summed E-state index contributed by atoms with van der Waals surface area (Å²) in [5.74, 6) is 0.133. The number of aryl methyl sites for hydroxylation is 1. The highest BCUT2D eigenvalue weighted by atomic mass is 35.5. The third kappa shape index (κ3) is 5.32. The van der Waals surface area contributed by atoms with Gasteiger partial charge in [-0.3, -0.25) is 9.59 Å². The molecule has 1 aliphatic rings. The van der Waals surface area contributed by atoms with Crippen LogP contribution >= 0.6 is 22.9 Å². The molecule has 7 heteroatoms. The molecule has 0 spiro atoms. The average molecular weight is 454 g/mol. The molecule has 1 fully saturated rings. The number of rotatable bonds is 6. The molecule has 0 atom stereocenters. The molecule has 4 rings (SSSR count). The van der Waals surface area contributed by atoms with Gasteiger partial charge >= 0.3 is 0 Å². The van der Waals surface area contributed by atoms with Gasteiger partial charge in [-0.05, 0) is 24.5 Å². The second-order valence-corrected chi connectivity index (χ2v) is 8.96. The zero-order valence-corrected chi connectivity index (χ0v) is 18.7. The van der Waals surface area contributed by atoms with E-state index in [9.17, 15) is 9.59 Å². The van der Waals surface area contributed by atoms with Crippen LogP contribution in [0.1, 0.15) is 28.1 Å². The number of piperazine rings is 1. The SMILES string of the molecule is O=C(CCCc1ccccc1)N1CCN(C(=O)c2cnc(-c3ccccc3Cl)s2)CC1. The van der Waals surface area contributed by atoms with E-state index in [0.29, 0.717) is 42.5 Å². The number of benzene rings is 2. The lowest BCUT2D eigenvalue weighted by Gasteiger charge is -2.34. The van der Waals surface area contributed by atoms with Crippen molar-refractivity contribution in [2.75, 3.05) is 26.2 Å². The van der Waals surface area contributed by atoms with Crippen LogP contribution < -0.4 is 0 Å². The molecule has 0 radical (unpaired) electrons. The van der Waals surface area contributed by atoms with E-state index in [1.165, 1.54) is 16.9 Å². The summed E-state index contributed by atoms with van der Waals surface area (Å²) in [6.07, 6.45) is 3.91. The van der Waals surface area contributed by atoms with Crippen LogP contribution in [0, 0.1) is 0 Å². The summed E-state index contributed by atoms with van der Waals surface area (Å²) in [4.78, 5) is 34.1. The highest BCUT2D eigenvalue weighted by Gasteiger charge is 2.26. The van der Waals surface area contributed by atoms with Crippen molar-refractivity contribution >= 4 is 34.8 Å². The molecule has 0 saturated carbocycles. The van der Waals surface area contributed by atoms with E-state index in [2.05, 4.69) is 17.1 Å². The van der Waals surface area contributed by atoms with Crippen LogP contribution in [-0.2, 0) is 11.2 Å². The first kappa shape index (κ1) is 21.5. The Bertz CT molecular complexity index is 1050. The summed E-state index contributed by atoms with van der Waals surface area (Å²) in [6, 6.07) is 17.7. The Balaban J connectivity index is 1.27. The minimum Gasteiger partial charge on any atom is -0.339 e. The van der Waals surface area contributed by atoms with Crippen LogP contribution in [0.4, 0.5) is 0 Å². The van der Waals surface area contributed by atoms with Crippen LogP contribution in [0.15, 0.2) is 60.8 Å². The first-order chi connectivity index (χ1) is 15.1. The Morgan fingerprint density at radius 2 is 1.61 bits per heavy atom. The average Bonchev–Trinajstić information content (AvgIpc) is 3.30. The van der Waals surface area contributed by atoms with Gasteiger partial charge in [-0.1, -0.05) is 60.1 Å². The van der Waals surface area contributed by atoms with Crippen LogP contribution in [0.25, 0.3) is 10.6 Å². The van der Waals surface area contributed by atoms with Crippen LogP contribution in [0.5, 0.6) is 0 Å². The molecule has 3 aromatic rings. The van der Waals surface area contributed by atoms with E-state index in [1.54, 1.807) is 11.1 Å². The van der Waals surface area contributed by atoms with Crippen molar-refractivity contribution in [1.82, 2.24) is 14.8 Å². The van der Waals surface area contributed by atoms with Gasteiger partial charge < -0.3 is 9.80 Å². The van der Waals surface area contributed by atoms with Crippen molar-refractivity contribution in [3.05, 3.63) is 76.3 Å². The summed E-state index contributed by atoms with van der Waals surface area (Å²) in [7, 11) is 0. The first-order valence-electron chi connectivity index (χ1n) is 10.4. The Morgan fingerprint density at radius 1 is 0.935 bits per heavy atom. The molecule has 1 aliphatic heterocycles. The Hall–Kier alpha value is -2.70. The van der Waals surface area contributed by atoms with Crippen LogP contribution in [0.2, 0.25) is 5.02 Å². The molecular formula is C24H24ClN3O2S. The van der Waals surface area contributed by atoms with Gasteiger partial charge in [0, 0.05) is 38.2 Å². The number of hydrogen-bond donors (Lipinski definition) is 0. The second-order valence-electron chi connectivity index (χ2n) is 7.52. The maximum Gasteiger partial charge on any atom is 0.265 e. The lowest BCUT2D eigenvalue weighted by atomic mass is 10.1. The fourth-order valence-corrected chi connectivity index (χ4v) is 4.90. The molecule has 2 amide bonds. The fourth-order valence-electron chi connectivity index (χ4n) is 3.69. The molecular weight excluding hydrogens is 430 g/mol. The predicted molar refractivity (Wildman–Crippen MR) is 124 cm³/mol. The number of carbonyl (C=O) groups excluding carboxylic acids is 2. The number of halogens is 1. The van der Waals surface area contributed by atoms with E-state index in [4.69, 9.17) is 11.6 Å². The van der Waals surface area contributed by atoms with Crippen LogP contribution in [0.3, 0.4) is 0 Å². The Kier molecular flexibility index (Phi) is 6.99. The fraction of sp³-hybridized carbons (Fsp3) is 0.292. The number of amides is 2. The number of nitrogens with zero attached hydrogens (tertiary/aromatic N) is 3. The van der Waals surface area contributed by atoms with Crippen molar-refractivity contribution < 1.29 is 9.59 Å². The van der Waals surface area contributed by atoms with Crippen molar-refractivity contribution in [3.8, 4) is 10.6 Å². The lowest BCUT2D eigenvalue weighted by Crippen LogP contribution is -2.50. The Labute approximate surface area is 191 Å². The minimum atomic E-state index is -0.0352. The summed E-state index contributed by atoms with van der Waals surface area (Å²) in [5, 5.41) is 1.36. The zero-order valence-electron chi connectivity index (χ0n) is 17.2. The maximum atomic E-state index is 12.9. The quantitative estimate of drug-likeness (QED) is 0.540. The minimum absolute atomic E-state index is 0.0352. The Morgan fingerprint density at radius 3 is 2.35 bits per heavy atom. The molecule has 0 bridgehead atoms. The summed E-state index contributed by atoms with van der Waals surface area (Å²) in [5.41, 5.74) is 2.09. The summed E-state index contributed by atoms with van der Waals surface area (Å²) in [6.45, 7) is 2.24.